The van der Waals surface area contributed by atoms with Crippen molar-refractivity contribution in [1.82, 2.24) is 5.32 Å². The first-order valence-electron chi connectivity index (χ1n) is 7.46. The highest BCUT2D eigenvalue weighted by molar-refractivity contribution is 5.11. The number of nitrogens with one attached hydrogen (secondary N) is 1. The van der Waals surface area contributed by atoms with Crippen LogP contribution in [0.25, 0.3) is 0 Å². The average molecular weight is 250 g/mol. The Labute approximate surface area is 111 Å². The highest BCUT2D eigenvalue weighted by Gasteiger charge is 2.39. The minimum Gasteiger partial charge on any atom is -0.378 e. The molecule has 1 N–H and O–H groups in total. The van der Waals surface area contributed by atoms with Crippen LogP contribution in [0.4, 0.5) is 0 Å². The molecule has 1 heterocycles. The van der Waals surface area contributed by atoms with Gasteiger partial charge in [-0.1, -0.05) is 33.1 Å². The fourth-order valence-corrected chi connectivity index (χ4v) is 3.22. The molecule has 0 bridgehead atoms. The molecule has 1 saturated carbocycles. The van der Waals surface area contributed by atoms with Gasteiger partial charge in [-0.3, -0.25) is 5.32 Å². The van der Waals surface area contributed by atoms with Crippen LogP contribution in [0, 0.1) is 17.2 Å². The smallest absolute Gasteiger partial charge is 0.111 e. The molecule has 3 heteroatoms. The van der Waals surface area contributed by atoms with Crippen LogP contribution in [-0.4, -0.2) is 24.3 Å². The normalized spacial score (nSPS) is 34.4. The third-order valence-corrected chi connectivity index (χ3v) is 4.45. The van der Waals surface area contributed by atoms with Gasteiger partial charge in [-0.25, -0.2) is 0 Å². The van der Waals surface area contributed by atoms with Gasteiger partial charge >= 0.3 is 0 Å². The lowest BCUT2D eigenvalue weighted by Crippen LogP contribution is -2.55. The lowest BCUT2D eigenvalue weighted by molar-refractivity contribution is -0.0414. The number of rotatable bonds is 3. The van der Waals surface area contributed by atoms with Gasteiger partial charge in [0.05, 0.1) is 12.2 Å². The largest absolute Gasteiger partial charge is 0.378 e. The molecular weight excluding hydrogens is 224 g/mol. The Hall–Kier alpha value is -0.590. The zero-order chi connectivity index (χ0) is 13.0. The number of nitriles is 1. The van der Waals surface area contributed by atoms with E-state index in [0.717, 1.165) is 19.4 Å². The molecule has 102 valence electrons. The van der Waals surface area contributed by atoms with Crippen molar-refractivity contribution in [2.75, 3.05) is 6.61 Å². The van der Waals surface area contributed by atoms with Crippen molar-refractivity contribution < 1.29 is 4.74 Å². The van der Waals surface area contributed by atoms with E-state index in [4.69, 9.17) is 4.74 Å². The quantitative estimate of drug-likeness (QED) is 0.837. The van der Waals surface area contributed by atoms with E-state index in [0.29, 0.717) is 12.0 Å². The molecule has 0 spiro atoms. The van der Waals surface area contributed by atoms with Gasteiger partial charge in [-0.05, 0) is 18.8 Å². The second-order valence-corrected chi connectivity index (χ2v) is 6.28. The minimum absolute atomic E-state index is 0.231. The SMILES string of the molecule is CC(C)C1CC(C#N)(NC2CCCCC2)CCO1. The maximum atomic E-state index is 9.60. The maximum Gasteiger partial charge on any atom is 0.111 e. The van der Waals surface area contributed by atoms with Crippen molar-refractivity contribution in [3.63, 3.8) is 0 Å². The number of nitrogens with zero attached hydrogens (tertiary/aromatic N) is 1. The molecule has 3 nitrogen and oxygen atoms in total. The molecule has 0 aromatic heterocycles. The van der Waals surface area contributed by atoms with E-state index in [9.17, 15) is 5.26 Å². The second kappa shape index (κ2) is 6.04. The molecular formula is C15H26N2O. The zero-order valence-electron chi connectivity index (χ0n) is 11.7. The molecule has 0 aromatic carbocycles. The standard InChI is InChI=1S/C15H26N2O/c1-12(2)14-10-15(11-16,8-9-18-14)17-13-6-4-3-5-7-13/h12-14,17H,3-10H2,1-2H3. The van der Waals surface area contributed by atoms with Crippen molar-refractivity contribution in [3.05, 3.63) is 0 Å². The summed E-state index contributed by atoms with van der Waals surface area (Å²) in [4.78, 5) is 0. The molecule has 18 heavy (non-hydrogen) atoms. The monoisotopic (exact) mass is 250 g/mol. The van der Waals surface area contributed by atoms with Crippen molar-refractivity contribution in [1.29, 1.82) is 5.26 Å². The Morgan fingerprint density at radius 3 is 2.61 bits per heavy atom. The second-order valence-electron chi connectivity index (χ2n) is 6.28. The summed E-state index contributed by atoms with van der Waals surface area (Å²) in [5.41, 5.74) is -0.338. The molecule has 2 unspecified atom stereocenters. The molecule has 1 aliphatic carbocycles. The highest BCUT2D eigenvalue weighted by atomic mass is 16.5. The van der Waals surface area contributed by atoms with Crippen LogP contribution in [0.15, 0.2) is 0 Å². The third kappa shape index (κ3) is 3.24. The summed E-state index contributed by atoms with van der Waals surface area (Å²) in [6, 6.07) is 3.10. The van der Waals surface area contributed by atoms with E-state index in [2.05, 4.69) is 25.2 Å². The Morgan fingerprint density at radius 2 is 2.00 bits per heavy atom. The van der Waals surface area contributed by atoms with Gasteiger partial charge in [0.25, 0.3) is 0 Å². The molecule has 2 atom stereocenters. The molecule has 0 amide bonds. The van der Waals surface area contributed by atoms with Crippen molar-refractivity contribution in [3.8, 4) is 6.07 Å². The first-order valence-corrected chi connectivity index (χ1v) is 7.46. The highest BCUT2D eigenvalue weighted by Crippen LogP contribution is 2.30. The van der Waals surface area contributed by atoms with Crippen LogP contribution >= 0.6 is 0 Å². The Bertz CT molecular complexity index is 304. The Balaban J connectivity index is 1.98. The van der Waals surface area contributed by atoms with E-state index in [-0.39, 0.29) is 11.6 Å². The lowest BCUT2D eigenvalue weighted by Gasteiger charge is -2.41. The minimum atomic E-state index is -0.338. The Morgan fingerprint density at radius 1 is 1.28 bits per heavy atom. The summed E-state index contributed by atoms with van der Waals surface area (Å²) in [5.74, 6) is 0.492. The van der Waals surface area contributed by atoms with Gasteiger partial charge in [0.2, 0.25) is 0 Å². The van der Waals surface area contributed by atoms with E-state index in [1.807, 2.05) is 0 Å². The topological polar surface area (TPSA) is 45.0 Å². The van der Waals surface area contributed by atoms with Crippen molar-refractivity contribution >= 4 is 0 Å². The zero-order valence-corrected chi connectivity index (χ0v) is 11.7. The fourth-order valence-electron chi connectivity index (χ4n) is 3.22. The fraction of sp³-hybridized carbons (Fsp3) is 0.933. The van der Waals surface area contributed by atoms with Crippen LogP contribution in [0.3, 0.4) is 0 Å². The predicted octanol–water partition coefficient (Wildman–Crippen LogP) is 3.01. The van der Waals surface area contributed by atoms with Gasteiger partial charge in [0.1, 0.15) is 5.54 Å². The third-order valence-electron chi connectivity index (χ3n) is 4.45. The predicted molar refractivity (Wildman–Crippen MR) is 72.2 cm³/mol. The molecule has 0 aromatic rings. The van der Waals surface area contributed by atoms with Gasteiger partial charge in [0, 0.05) is 25.5 Å². The summed E-state index contributed by atoms with van der Waals surface area (Å²) >= 11 is 0. The van der Waals surface area contributed by atoms with Gasteiger partial charge in [-0.2, -0.15) is 5.26 Å². The van der Waals surface area contributed by atoms with E-state index in [1.165, 1.54) is 32.1 Å². The first-order chi connectivity index (χ1) is 8.65. The summed E-state index contributed by atoms with van der Waals surface area (Å²) in [7, 11) is 0. The van der Waals surface area contributed by atoms with E-state index >= 15 is 0 Å². The molecule has 0 radical (unpaired) electrons. The summed E-state index contributed by atoms with van der Waals surface area (Å²) < 4.78 is 5.79. The van der Waals surface area contributed by atoms with Gasteiger partial charge < -0.3 is 4.74 Å². The van der Waals surface area contributed by atoms with Crippen LogP contribution in [-0.2, 0) is 4.74 Å². The maximum absolute atomic E-state index is 9.60. The van der Waals surface area contributed by atoms with Crippen molar-refractivity contribution in [2.45, 2.75) is 76.5 Å². The number of hydrogen-bond donors (Lipinski definition) is 1. The van der Waals surface area contributed by atoms with Gasteiger partial charge in [-0.15, -0.1) is 0 Å². The number of ether oxygens (including phenoxy) is 1. The molecule has 1 saturated heterocycles. The summed E-state index contributed by atoms with van der Waals surface area (Å²) in [5, 5.41) is 13.3. The molecule has 1 aliphatic heterocycles. The van der Waals surface area contributed by atoms with E-state index < -0.39 is 0 Å². The van der Waals surface area contributed by atoms with Crippen LogP contribution in [0.5, 0.6) is 0 Å². The van der Waals surface area contributed by atoms with Gasteiger partial charge in [0.15, 0.2) is 0 Å². The molecule has 2 rings (SSSR count). The first kappa shape index (κ1) is 13.8. The average Bonchev–Trinajstić information content (AvgIpc) is 2.40. The van der Waals surface area contributed by atoms with Crippen LogP contribution in [0.2, 0.25) is 0 Å². The Kier molecular flexibility index (Phi) is 4.64. The molecule has 2 fully saturated rings. The van der Waals surface area contributed by atoms with Crippen molar-refractivity contribution in [2.24, 2.45) is 5.92 Å². The number of hydrogen-bond acceptors (Lipinski definition) is 3. The van der Waals surface area contributed by atoms with Crippen LogP contribution in [0.1, 0.15) is 58.8 Å². The van der Waals surface area contributed by atoms with Crippen LogP contribution < -0.4 is 5.32 Å². The molecule has 2 aliphatic rings. The summed E-state index contributed by atoms with van der Waals surface area (Å²) in [6.45, 7) is 5.08. The lowest BCUT2D eigenvalue weighted by atomic mass is 9.82. The van der Waals surface area contributed by atoms with E-state index in [1.54, 1.807) is 0 Å². The summed E-state index contributed by atoms with van der Waals surface area (Å²) in [6.07, 6.45) is 8.35.